The van der Waals surface area contributed by atoms with E-state index in [2.05, 4.69) is 4.90 Å². The minimum absolute atomic E-state index is 0.0271. The van der Waals surface area contributed by atoms with Crippen LogP contribution in [-0.4, -0.2) is 65.1 Å². The van der Waals surface area contributed by atoms with Crippen LogP contribution in [0.25, 0.3) is 0 Å². The number of aliphatic hydroxyl groups excluding tert-OH is 1. The molecule has 0 bridgehead atoms. The van der Waals surface area contributed by atoms with Gasteiger partial charge in [-0.25, -0.2) is 0 Å². The van der Waals surface area contributed by atoms with Gasteiger partial charge in [-0.05, 0) is 19.1 Å². The number of nitrogens with zero attached hydrogens (tertiary/aromatic N) is 3. The first kappa shape index (κ1) is 15.4. The Kier molecular flexibility index (Phi) is 4.87. The lowest BCUT2D eigenvalue weighted by Crippen LogP contribution is -2.49. The minimum Gasteiger partial charge on any atom is -0.395 e. The van der Waals surface area contributed by atoms with Crippen molar-refractivity contribution in [1.29, 1.82) is 0 Å². The number of β-amino-alcohol motifs (C(OH)–C–C–N with tert-alkyl or cyclic N) is 1. The second-order valence-electron chi connectivity index (χ2n) is 5.12. The Morgan fingerprint density at radius 3 is 2.52 bits per heavy atom. The Hall–Kier alpha value is -1.99. The van der Waals surface area contributed by atoms with E-state index in [1.54, 1.807) is 17.9 Å². The van der Waals surface area contributed by atoms with Crippen LogP contribution in [-0.2, 0) is 0 Å². The number of rotatable bonds is 4. The quantitative estimate of drug-likeness (QED) is 0.650. The molecule has 1 N–H and O–H groups in total. The van der Waals surface area contributed by atoms with Crippen LogP contribution in [0.5, 0.6) is 0 Å². The van der Waals surface area contributed by atoms with Gasteiger partial charge in [-0.15, -0.1) is 0 Å². The molecule has 114 valence electrons. The van der Waals surface area contributed by atoms with Crippen LogP contribution in [0.4, 0.5) is 5.69 Å². The molecule has 0 atom stereocenters. The first-order valence-electron chi connectivity index (χ1n) is 6.90. The molecule has 7 nitrogen and oxygen atoms in total. The zero-order chi connectivity index (χ0) is 15.4. The maximum atomic E-state index is 12.4. The van der Waals surface area contributed by atoms with Gasteiger partial charge in [0.15, 0.2) is 0 Å². The van der Waals surface area contributed by atoms with Crippen molar-refractivity contribution in [2.24, 2.45) is 0 Å². The molecule has 0 spiro atoms. The molecule has 2 rings (SSSR count). The third kappa shape index (κ3) is 3.56. The third-order valence-corrected chi connectivity index (χ3v) is 3.72. The largest absolute Gasteiger partial charge is 0.395 e. The van der Waals surface area contributed by atoms with Gasteiger partial charge in [0.25, 0.3) is 11.6 Å². The summed E-state index contributed by atoms with van der Waals surface area (Å²) < 4.78 is 0. The molecule has 21 heavy (non-hydrogen) atoms. The number of carbonyl (C=O) groups excluding carboxylic acids is 1. The summed E-state index contributed by atoms with van der Waals surface area (Å²) in [6, 6.07) is 4.46. The van der Waals surface area contributed by atoms with Gasteiger partial charge in [0.1, 0.15) is 0 Å². The third-order valence-electron chi connectivity index (χ3n) is 3.72. The lowest BCUT2D eigenvalue weighted by atomic mass is 10.1. The molecule has 1 amide bonds. The fourth-order valence-corrected chi connectivity index (χ4v) is 2.49. The average molecular weight is 293 g/mol. The number of aryl methyl sites for hydroxylation is 1. The van der Waals surface area contributed by atoms with Crippen LogP contribution in [0.3, 0.4) is 0 Å². The molecular weight excluding hydrogens is 274 g/mol. The maximum Gasteiger partial charge on any atom is 0.272 e. The van der Waals surface area contributed by atoms with Crippen molar-refractivity contribution in [3.8, 4) is 0 Å². The Labute approximate surface area is 122 Å². The normalized spacial score (nSPS) is 16.0. The van der Waals surface area contributed by atoms with Crippen LogP contribution in [0.2, 0.25) is 0 Å². The molecular formula is C14H19N3O4. The molecule has 0 aromatic heterocycles. The second kappa shape index (κ2) is 6.64. The van der Waals surface area contributed by atoms with Gasteiger partial charge < -0.3 is 10.0 Å². The fraction of sp³-hybridized carbons (Fsp3) is 0.500. The van der Waals surface area contributed by atoms with Gasteiger partial charge in [-0.2, -0.15) is 0 Å². The molecule has 1 aliphatic rings. The first-order chi connectivity index (χ1) is 10.0. The molecule has 1 fully saturated rings. The number of amides is 1. The van der Waals surface area contributed by atoms with Gasteiger partial charge in [0, 0.05) is 49.9 Å². The molecule has 0 aliphatic carbocycles. The SMILES string of the molecule is Cc1cc(C(=O)N2CCN(CCO)CC2)ccc1[N+](=O)[O-]. The van der Waals surface area contributed by atoms with E-state index in [0.29, 0.717) is 30.8 Å². The van der Waals surface area contributed by atoms with Crippen molar-refractivity contribution >= 4 is 11.6 Å². The Bertz CT molecular complexity index is 539. The van der Waals surface area contributed by atoms with Crippen LogP contribution < -0.4 is 0 Å². The van der Waals surface area contributed by atoms with Crippen molar-refractivity contribution in [3.05, 3.63) is 39.4 Å². The number of hydrogen-bond donors (Lipinski definition) is 1. The highest BCUT2D eigenvalue weighted by molar-refractivity contribution is 5.94. The number of hydrogen-bond acceptors (Lipinski definition) is 5. The number of aliphatic hydroxyl groups is 1. The van der Waals surface area contributed by atoms with Gasteiger partial charge in [-0.1, -0.05) is 0 Å². The van der Waals surface area contributed by atoms with E-state index >= 15 is 0 Å². The van der Waals surface area contributed by atoms with Crippen LogP contribution in [0, 0.1) is 17.0 Å². The smallest absolute Gasteiger partial charge is 0.272 e. The summed E-state index contributed by atoms with van der Waals surface area (Å²) in [5.41, 5.74) is 0.998. The van der Waals surface area contributed by atoms with Crippen molar-refractivity contribution in [2.45, 2.75) is 6.92 Å². The highest BCUT2D eigenvalue weighted by Gasteiger charge is 2.23. The maximum absolute atomic E-state index is 12.4. The number of benzene rings is 1. The predicted octanol–water partition coefficient (Wildman–Crippen LogP) is 0.653. The lowest BCUT2D eigenvalue weighted by molar-refractivity contribution is -0.385. The van der Waals surface area contributed by atoms with Gasteiger partial charge in [-0.3, -0.25) is 19.8 Å². The summed E-state index contributed by atoms with van der Waals surface area (Å²) in [5.74, 6) is -0.100. The van der Waals surface area contributed by atoms with Crippen LogP contribution in [0.1, 0.15) is 15.9 Å². The van der Waals surface area contributed by atoms with E-state index in [9.17, 15) is 14.9 Å². The minimum atomic E-state index is -0.447. The Morgan fingerprint density at radius 2 is 2.00 bits per heavy atom. The van der Waals surface area contributed by atoms with Gasteiger partial charge >= 0.3 is 0 Å². The van der Waals surface area contributed by atoms with Gasteiger partial charge in [0.2, 0.25) is 0 Å². The van der Waals surface area contributed by atoms with Crippen molar-refractivity contribution in [2.75, 3.05) is 39.3 Å². The molecule has 1 saturated heterocycles. The van der Waals surface area contributed by atoms with E-state index in [-0.39, 0.29) is 18.2 Å². The Morgan fingerprint density at radius 1 is 1.33 bits per heavy atom. The predicted molar refractivity (Wildman–Crippen MR) is 77.3 cm³/mol. The zero-order valence-corrected chi connectivity index (χ0v) is 12.0. The Balaban J connectivity index is 2.04. The number of nitro groups is 1. The highest BCUT2D eigenvalue weighted by Crippen LogP contribution is 2.20. The topological polar surface area (TPSA) is 86.9 Å². The highest BCUT2D eigenvalue weighted by atomic mass is 16.6. The second-order valence-corrected chi connectivity index (χ2v) is 5.12. The number of nitro benzene ring substituents is 1. The molecule has 0 unspecified atom stereocenters. The fourth-order valence-electron chi connectivity index (χ4n) is 2.49. The number of piperazine rings is 1. The van der Waals surface area contributed by atoms with Crippen molar-refractivity contribution in [1.82, 2.24) is 9.80 Å². The summed E-state index contributed by atoms with van der Waals surface area (Å²) >= 11 is 0. The molecule has 0 radical (unpaired) electrons. The zero-order valence-electron chi connectivity index (χ0n) is 12.0. The monoisotopic (exact) mass is 293 g/mol. The molecule has 1 heterocycles. The summed E-state index contributed by atoms with van der Waals surface area (Å²) in [6.45, 7) is 5.06. The average Bonchev–Trinajstić information content (AvgIpc) is 2.47. The van der Waals surface area contributed by atoms with Crippen molar-refractivity contribution in [3.63, 3.8) is 0 Å². The molecule has 7 heteroatoms. The van der Waals surface area contributed by atoms with Crippen LogP contribution in [0.15, 0.2) is 18.2 Å². The van der Waals surface area contributed by atoms with Crippen molar-refractivity contribution < 1.29 is 14.8 Å². The van der Waals surface area contributed by atoms with E-state index < -0.39 is 4.92 Å². The molecule has 1 aromatic rings. The lowest BCUT2D eigenvalue weighted by Gasteiger charge is -2.34. The summed E-state index contributed by atoms with van der Waals surface area (Å²) in [5, 5.41) is 19.7. The summed E-state index contributed by atoms with van der Waals surface area (Å²) in [6.07, 6.45) is 0. The van der Waals surface area contributed by atoms with E-state index in [4.69, 9.17) is 5.11 Å². The van der Waals surface area contributed by atoms with E-state index in [1.165, 1.54) is 12.1 Å². The standard InChI is InChI=1S/C14H19N3O4/c1-11-10-12(2-3-13(11)17(20)21)14(19)16-6-4-15(5-7-16)8-9-18/h2-3,10,18H,4-9H2,1H3. The molecule has 0 saturated carbocycles. The van der Waals surface area contributed by atoms with Gasteiger partial charge in [0.05, 0.1) is 11.5 Å². The first-order valence-corrected chi connectivity index (χ1v) is 6.90. The molecule has 1 aromatic carbocycles. The summed E-state index contributed by atoms with van der Waals surface area (Å²) in [7, 11) is 0. The number of carbonyl (C=O) groups is 1. The summed E-state index contributed by atoms with van der Waals surface area (Å²) in [4.78, 5) is 26.6. The van der Waals surface area contributed by atoms with E-state index in [0.717, 1.165) is 13.1 Å². The van der Waals surface area contributed by atoms with Crippen LogP contribution >= 0.6 is 0 Å². The van der Waals surface area contributed by atoms with E-state index in [1.807, 2.05) is 0 Å². The molecule has 1 aliphatic heterocycles.